The van der Waals surface area contributed by atoms with E-state index in [2.05, 4.69) is 5.32 Å². The summed E-state index contributed by atoms with van der Waals surface area (Å²) in [4.78, 5) is 60.3. The number of likely N-dealkylation sites (tertiary alicyclic amines) is 2. The Morgan fingerprint density at radius 3 is 2.07 bits per heavy atom. The number of β-lactam (4-membered cyclic amide) rings is 1. The van der Waals surface area contributed by atoms with Crippen molar-refractivity contribution in [2.24, 2.45) is 5.41 Å². The van der Waals surface area contributed by atoms with Crippen molar-refractivity contribution in [3.63, 3.8) is 0 Å². The monoisotopic (exact) mass is 591 g/mol. The van der Waals surface area contributed by atoms with Crippen LogP contribution in [0.25, 0.3) is 0 Å². The molecular weight excluding hydrogens is 546 g/mol. The Labute approximate surface area is 254 Å². The van der Waals surface area contributed by atoms with E-state index in [0.717, 1.165) is 22.4 Å². The Kier molecular flexibility index (Phi) is 10.6. The van der Waals surface area contributed by atoms with Crippen LogP contribution in [-0.2, 0) is 19.1 Å². The summed E-state index contributed by atoms with van der Waals surface area (Å²) >= 11 is 0. The first-order valence-corrected chi connectivity index (χ1v) is 15.2. The summed E-state index contributed by atoms with van der Waals surface area (Å²) in [6, 6.07) is 18.6. The fourth-order valence-electron chi connectivity index (χ4n) is 6.03. The molecule has 2 aromatic rings. The van der Waals surface area contributed by atoms with Crippen LogP contribution in [0.1, 0.15) is 56.6 Å². The van der Waals surface area contributed by atoms with Crippen molar-refractivity contribution in [1.82, 2.24) is 24.9 Å². The standard InChI is InChI=1S/C33H45N5O5/c1-6-33(7-2)30(41)38(31(33)43-23-27(39)36(5)22-21-35(3)4)32(42)34-26-19-14-20-37(26)29(40)28(24-15-10-8-11-16-24)25-17-12-9-13-18-25/h8-13,15-18,26,28,31H,6-7,14,19-23H2,1-5H3,(H,34,42)/t26-,31?/m1/s1. The van der Waals surface area contributed by atoms with E-state index in [1.54, 1.807) is 16.8 Å². The van der Waals surface area contributed by atoms with E-state index in [1.807, 2.05) is 93.5 Å². The van der Waals surface area contributed by atoms with Crippen molar-refractivity contribution in [2.45, 2.75) is 57.8 Å². The minimum absolute atomic E-state index is 0.106. The zero-order chi connectivity index (χ0) is 31.1. The Morgan fingerprint density at radius 2 is 1.53 bits per heavy atom. The Bertz CT molecular complexity index is 1230. The van der Waals surface area contributed by atoms with Gasteiger partial charge in [-0.1, -0.05) is 74.5 Å². The molecule has 1 unspecified atom stereocenters. The fourth-order valence-corrected chi connectivity index (χ4v) is 6.03. The molecule has 2 saturated heterocycles. The maximum Gasteiger partial charge on any atom is 0.327 e. The molecule has 0 saturated carbocycles. The lowest BCUT2D eigenvalue weighted by atomic mass is 9.72. The SMILES string of the molecule is CCC1(CC)C(=O)N(C(=O)N[C@H]2CCCN2C(=O)C(c2ccccc2)c2ccccc2)C1OCC(=O)N(C)CCN(C)C. The molecule has 2 fully saturated rings. The minimum atomic E-state index is -0.878. The second kappa shape index (κ2) is 14.1. The van der Waals surface area contributed by atoms with Gasteiger partial charge >= 0.3 is 6.03 Å². The maximum absolute atomic E-state index is 14.1. The number of likely N-dealkylation sites (N-methyl/N-ethyl adjacent to an activating group) is 2. The number of nitrogens with one attached hydrogen (secondary N) is 1. The third-order valence-corrected chi connectivity index (χ3v) is 8.84. The number of hydrogen-bond acceptors (Lipinski definition) is 6. The van der Waals surface area contributed by atoms with Crippen molar-refractivity contribution >= 4 is 23.8 Å². The van der Waals surface area contributed by atoms with E-state index in [1.165, 1.54) is 0 Å². The number of rotatable bonds is 12. The van der Waals surface area contributed by atoms with Gasteiger partial charge in [-0.15, -0.1) is 0 Å². The summed E-state index contributed by atoms with van der Waals surface area (Å²) in [5.74, 6) is -1.17. The number of amides is 5. The molecule has 2 aliphatic rings. The predicted molar refractivity (Wildman–Crippen MR) is 164 cm³/mol. The molecule has 1 N–H and O–H groups in total. The summed E-state index contributed by atoms with van der Waals surface area (Å²) in [5.41, 5.74) is 0.868. The molecule has 10 nitrogen and oxygen atoms in total. The first-order chi connectivity index (χ1) is 20.6. The number of imide groups is 1. The lowest BCUT2D eigenvalue weighted by Crippen LogP contribution is -2.73. The predicted octanol–water partition coefficient (Wildman–Crippen LogP) is 3.49. The summed E-state index contributed by atoms with van der Waals surface area (Å²) < 4.78 is 6.02. The molecule has 0 radical (unpaired) electrons. The van der Waals surface area contributed by atoms with Crippen LogP contribution in [0.15, 0.2) is 60.7 Å². The average molecular weight is 592 g/mol. The molecule has 0 bridgehead atoms. The van der Waals surface area contributed by atoms with Crippen LogP contribution < -0.4 is 5.32 Å². The van der Waals surface area contributed by atoms with Crippen LogP contribution in [0, 0.1) is 5.41 Å². The van der Waals surface area contributed by atoms with Gasteiger partial charge in [-0.25, -0.2) is 9.69 Å². The van der Waals surface area contributed by atoms with Crippen molar-refractivity contribution in [3.05, 3.63) is 71.8 Å². The number of urea groups is 1. The van der Waals surface area contributed by atoms with Gasteiger partial charge in [0.25, 0.3) is 0 Å². The maximum atomic E-state index is 14.1. The number of carbonyl (C=O) groups excluding carboxylic acids is 4. The van der Waals surface area contributed by atoms with Gasteiger partial charge in [0.15, 0.2) is 6.23 Å². The van der Waals surface area contributed by atoms with Gasteiger partial charge in [-0.2, -0.15) is 0 Å². The van der Waals surface area contributed by atoms with Crippen molar-refractivity contribution in [2.75, 3.05) is 47.4 Å². The summed E-state index contributed by atoms with van der Waals surface area (Å²) in [6.07, 6.45) is 0.816. The highest BCUT2D eigenvalue weighted by atomic mass is 16.5. The molecule has 2 heterocycles. The number of carbonyl (C=O) groups is 4. The van der Waals surface area contributed by atoms with Gasteiger partial charge in [0, 0.05) is 26.7 Å². The molecule has 232 valence electrons. The van der Waals surface area contributed by atoms with E-state index in [4.69, 9.17) is 4.74 Å². The second-order valence-electron chi connectivity index (χ2n) is 11.7. The topological polar surface area (TPSA) is 102 Å². The quantitative estimate of drug-likeness (QED) is 0.379. The van der Waals surface area contributed by atoms with E-state index in [9.17, 15) is 19.2 Å². The lowest BCUT2D eigenvalue weighted by Gasteiger charge is -2.53. The smallest absolute Gasteiger partial charge is 0.327 e. The minimum Gasteiger partial charge on any atom is -0.347 e. The summed E-state index contributed by atoms with van der Waals surface area (Å²) in [6.45, 7) is 5.28. The molecule has 4 rings (SSSR count). The highest BCUT2D eigenvalue weighted by Crippen LogP contribution is 2.46. The van der Waals surface area contributed by atoms with Gasteiger partial charge < -0.3 is 24.8 Å². The summed E-state index contributed by atoms with van der Waals surface area (Å²) in [7, 11) is 5.58. The molecular formula is C33H45N5O5. The van der Waals surface area contributed by atoms with Crippen LogP contribution in [0.2, 0.25) is 0 Å². The molecule has 0 aromatic heterocycles. The van der Waals surface area contributed by atoms with Crippen LogP contribution in [0.3, 0.4) is 0 Å². The van der Waals surface area contributed by atoms with Gasteiger partial charge in [-0.3, -0.25) is 14.4 Å². The molecule has 0 aliphatic carbocycles. The van der Waals surface area contributed by atoms with Gasteiger partial charge in [0.05, 0.1) is 11.3 Å². The molecule has 2 aromatic carbocycles. The van der Waals surface area contributed by atoms with Gasteiger partial charge in [-0.05, 0) is 50.9 Å². The second-order valence-corrected chi connectivity index (χ2v) is 11.7. The summed E-state index contributed by atoms with van der Waals surface area (Å²) in [5, 5.41) is 2.95. The number of nitrogens with zero attached hydrogens (tertiary/aromatic N) is 4. The van der Waals surface area contributed by atoms with Crippen LogP contribution in [0.5, 0.6) is 0 Å². The zero-order valence-electron chi connectivity index (χ0n) is 26.0. The van der Waals surface area contributed by atoms with Gasteiger partial charge in [0.2, 0.25) is 17.7 Å². The average Bonchev–Trinajstić information content (AvgIpc) is 3.47. The van der Waals surface area contributed by atoms with E-state index < -0.39 is 29.8 Å². The molecule has 10 heteroatoms. The number of hydrogen-bond donors (Lipinski definition) is 1. The normalized spacial score (nSPS) is 19.5. The van der Waals surface area contributed by atoms with E-state index >= 15 is 0 Å². The largest absolute Gasteiger partial charge is 0.347 e. The number of ether oxygens (including phenoxy) is 1. The highest BCUT2D eigenvalue weighted by molar-refractivity contribution is 6.03. The van der Waals surface area contributed by atoms with Crippen molar-refractivity contribution in [1.29, 1.82) is 0 Å². The fraction of sp³-hybridized carbons (Fsp3) is 0.515. The lowest BCUT2D eigenvalue weighted by molar-refractivity contribution is -0.212. The van der Waals surface area contributed by atoms with E-state index in [-0.39, 0.29) is 24.3 Å². The zero-order valence-corrected chi connectivity index (χ0v) is 26.0. The number of benzene rings is 2. The van der Waals surface area contributed by atoms with Crippen molar-refractivity contribution < 1.29 is 23.9 Å². The van der Waals surface area contributed by atoms with Crippen molar-refractivity contribution in [3.8, 4) is 0 Å². The van der Waals surface area contributed by atoms with Crippen LogP contribution in [0.4, 0.5) is 4.79 Å². The third-order valence-electron chi connectivity index (χ3n) is 8.84. The molecule has 5 amide bonds. The van der Waals surface area contributed by atoms with Crippen LogP contribution >= 0.6 is 0 Å². The first kappa shape index (κ1) is 32.2. The Hall–Kier alpha value is -3.76. The third kappa shape index (κ3) is 6.75. The molecule has 43 heavy (non-hydrogen) atoms. The first-order valence-electron chi connectivity index (χ1n) is 15.2. The Morgan fingerprint density at radius 1 is 0.953 bits per heavy atom. The van der Waals surface area contributed by atoms with E-state index in [0.29, 0.717) is 38.9 Å². The van der Waals surface area contributed by atoms with Crippen LogP contribution in [-0.4, -0.2) is 103 Å². The molecule has 2 aliphatic heterocycles. The Balaban J connectivity index is 1.48. The molecule has 0 spiro atoms. The van der Waals surface area contributed by atoms with Gasteiger partial charge in [0.1, 0.15) is 12.8 Å². The molecule has 2 atom stereocenters. The highest BCUT2D eigenvalue weighted by Gasteiger charge is 2.62.